The third-order valence-electron chi connectivity index (χ3n) is 5.53. The van der Waals surface area contributed by atoms with E-state index in [0.29, 0.717) is 22.5 Å². The van der Waals surface area contributed by atoms with Crippen molar-refractivity contribution in [3.05, 3.63) is 69.1 Å². The van der Waals surface area contributed by atoms with Gasteiger partial charge in [0.25, 0.3) is 0 Å². The van der Waals surface area contributed by atoms with Gasteiger partial charge in [-0.1, -0.05) is 41.9 Å². The number of fused-ring (bicyclic) bond motifs is 1. The number of nitrogens with zero attached hydrogens (tertiary/aromatic N) is 1. The molecule has 6 heteroatoms. The first kappa shape index (κ1) is 18.8. The van der Waals surface area contributed by atoms with E-state index in [1.807, 2.05) is 29.2 Å². The Kier molecular flexibility index (Phi) is 5.53. The monoisotopic (exact) mass is 397 g/mol. The van der Waals surface area contributed by atoms with Gasteiger partial charge >= 0.3 is 5.69 Å². The van der Waals surface area contributed by atoms with Gasteiger partial charge in [-0.25, -0.2) is 4.79 Å². The summed E-state index contributed by atoms with van der Waals surface area (Å²) in [7, 11) is 0. The topological polar surface area (TPSA) is 69.0 Å². The molecule has 3 aromatic rings. The van der Waals surface area contributed by atoms with E-state index in [9.17, 15) is 9.59 Å². The average Bonchev–Trinajstić information content (AvgIpc) is 3.07. The smallest absolute Gasteiger partial charge is 0.323 e. The zero-order valence-corrected chi connectivity index (χ0v) is 16.5. The summed E-state index contributed by atoms with van der Waals surface area (Å²) in [6.45, 7) is 1.68. The lowest BCUT2D eigenvalue weighted by Gasteiger charge is -2.29. The molecule has 0 saturated carbocycles. The first-order chi connectivity index (χ1) is 13.6. The Morgan fingerprint density at radius 3 is 2.43 bits per heavy atom. The normalized spacial score (nSPS) is 15.7. The minimum atomic E-state index is -0.257. The highest BCUT2D eigenvalue weighted by Crippen LogP contribution is 2.33. The third-order valence-corrected chi connectivity index (χ3v) is 5.86. The molecule has 1 amide bonds. The van der Waals surface area contributed by atoms with E-state index >= 15 is 0 Å². The summed E-state index contributed by atoms with van der Waals surface area (Å²) in [4.78, 5) is 32.1. The van der Waals surface area contributed by atoms with Crippen molar-refractivity contribution in [1.29, 1.82) is 0 Å². The van der Waals surface area contributed by atoms with E-state index in [2.05, 4.69) is 22.1 Å². The van der Waals surface area contributed by atoms with Crippen molar-refractivity contribution in [1.82, 2.24) is 14.9 Å². The number of carbonyl (C=O) groups is 1. The summed E-state index contributed by atoms with van der Waals surface area (Å²) < 4.78 is 0. The number of amides is 1. The number of aromatic nitrogens is 2. The van der Waals surface area contributed by atoms with Gasteiger partial charge in [-0.05, 0) is 54.9 Å². The van der Waals surface area contributed by atoms with Gasteiger partial charge in [0, 0.05) is 24.5 Å². The Morgan fingerprint density at radius 2 is 1.71 bits per heavy atom. The van der Waals surface area contributed by atoms with Crippen LogP contribution in [0.5, 0.6) is 0 Å². The Labute approximate surface area is 168 Å². The molecule has 4 rings (SSSR count). The summed E-state index contributed by atoms with van der Waals surface area (Å²) in [6, 6.07) is 13.8. The van der Waals surface area contributed by atoms with E-state index in [1.165, 1.54) is 6.42 Å². The van der Waals surface area contributed by atoms with Crippen LogP contribution in [0.15, 0.2) is 47.3 Å². The van der Waals surface area contributed by atoms with E-state index in [-0.39, 0.29) is 17.5 Å². The van der Waals surface area contributed by atoms with Crippen molar-refractivity contribution in [2.24, 2.45) is 0 Å². The summed E-state index contributed by atoms with van der Waals surface area (Å²) >= 11 is 6.58. The molecule has 0 spiro atoms. The molecule has 28 heavy (non-hydrogen) atoms. The number of rotatable bonds is 5. The SMILES string of the molecule is O=C(C[C@@H](Cc1ccccc1)c1cc2[nH]c(=O)[nH]c2cc1Cl)N1CCCCC1. The number of piperidine rings is 1. The standard InChI is InChI=1S/C22H24ClN3O2/c23-18-14-20-19(24-22(28)25-20)13-17(18)16(11-15-7-3-1-4-8-15)12-21(27)26-9-5-2-6-10-26/h1,3-4,7-8,13-14,16H,2,5-6,9-12H2,(H2,24,25,28)/t16-/m1/s1. The molecule has 0 bridgehead atoms. The van der Waals surface area contributed by atoms with Crippen LogP contribution < -0.4 is 5.69 Å². The van der Waals surface area contributed by atoms with Gasteiger partial charge in [0.05, 0.1) is 11.0 Å². The lowest BCUT2D eigenvalue weighted by Crippen LogP contribution is -2.36. The largest absolute Gasteiger partial charge is 0.343 e. The number of nitrogens with one attached hydrogen (secondary N) is 2. The van der Waals surface area contributed by atoms with E-state index in [4.69, 9.17) is 11.6 Å². The molecule has 146 valence electrons. The minimum Gasteiger partial charge on any atom is -0.343 e. The van der Waals surface area contributed by atoms with Gasteiger partial charge in [0.1, 0.15) is 0 Å². The number of imidazole rings is 1. The van der Waals surface area contributed by atoms with Gasteiger partial charge < -0.3 is 14.9 Å². The second kappa shape index (κ2) is 8.23. The molecule has 1 fully saturated rings. The number of carbonyl (C=O) groups excluding carboxylic acids is 1. The summed E-state index contributed by atoms with van der Waals surface area (Å²) in [5.41, 5.74) is 3.20. The average molecular weight is 398 g/mol. The second-order valence-electron chi connectivity index (χ2n) is 7.53. The van der Waals surface area contributed by atoms with Crippen LogP contribution in [-0.2, 0) is 11.2 Å². The molecule has 5 nitrogen and oxygen atoms in total. The Balaban J connectivity index is 1.66. The van der Waals surface area contributed by atoms with Crippen LogP contribution in [0.25, 0.3) is 11.0 Å². The van der Waals surface area contributed by atoms with Crippen molar-refractivity contribution >= 4 is 28.5 Å². The quantitative estimate of drug-likeness (QED) is 0.676. The first-order valence-electron chi connectivity index (χ1n) is 9.83. The van der Waals surface area contributed by atoms with Gasteiger partial charge in [0.2, 0.25) is 5.91 Å². The fraction of sp³-hybridized carbons (Fsp3) is 0.364. The summed E-state index contributed by atoms with van der Waals surface area (Å²) in [6.07, 6.45) is 4.48. The van der Waals surface area contributed by atoms with Gasteiger partial charge in [-0.3, -0.25) is 4.79 Å². The summed E-state index contributed by atoms with van der Waals surface area (Å²) in [5, 5.41) is 0.579. The molecule has 0 radical (unpaired) electrons. The molecule has 1 saturated heterocycles. The van der Waals surface area contributed by atoms with Crippen molar-refractivity contribution in [3.63, 3.8) is 0 Å². The van der Waals surface area contributed by atoms with Crippen LogP contribution in [0, 0.1) is 0 Å². The highest BCUT2D eigenvalue weighted by molar-refractivity contribution is 6.32. The molecule has 2 aromatic carbocycles. The Bertz CT molecular complexity index is 1020. The lowest BCUT2D eigenvalue weighted by atomic mass is 9.88. The number of halogens is 1. The molecule has 2 N–H and O–H groups in total. The van der Waals surface area contributed by atoms with Crippen molar-refractivity contribution in [2.45, 2.75) is 38.0 Å². The third kappa shape index (κ3) is 4.14. The maximum atomic E-state index is 13.0. The highest BCUT2D eigenvalue weighted by Gasteiger charge is 2.24. The second-order valence-corrected chi connectivity index (χ2v) is 7.94. The minimum absolute atomic E-state index is 0.0490. The van der Waals surface area contributed by atoms with E-state index in [0.717, 1.165) is 43.5 Å². The van der Waals surface area contributed by atoms with Gasteiger partial charge in [-0.2, -0.15) is 0 Å². The van der Waals surface area contributed by atoms with Crippen LogP contribution in [0.2, 0.25) is 5.02 Å². The molecular formula is C22H24ClN3O2. The Hall–Kier alpha value is -2.53. The molecule has 1 atom stereocenters. The summed E-state index contributed by atoms with van der Waals surface area (Å²) in [5.74, 6) is 0.131. The maximum Gasteiger partial charge on any atom is 0.323 e. The molecule has 0 unspecified atom stereocenters. The number of H-pyrrole nitrogens is 2. The number of hydrogen-bond donors (Lipinski definition) is 2. The van der Waals surface area contributed by atoms with Crippen LogP contribution in [0.4, 0.5) is 0 Å². The first-order valence-corrected chi connectivity index (χ1v) is 10.2. The van der Waals surface area contributed by atoms with Gasteiger partial charge in [0.15, 0.2) is 0 Å². The number of likely N-dealkylation sites (tertiary alicyclic amines) is 1. The van der Waals surface area contributed by atoms with Crippen molar-refractivity contribution in [3.8, 4) is 0 Å². The fourth-order valence-electron chi connectivity index (χ4n) is 4.06. The zero-order valence-electron chi connectivity index (χ0n) is 15.7. The molecule has 2 heterocycles. The predicted octanol–water partition coefficient (Wildman–Crippen LogP) is 4.24. The van der Waals surface area contributed by atoms with Crippen molar-refractivity contribution in [2.75, 3.05) is 13.1 Å². The number of aromatic amines is 2. The van der Waals surface area contributed by atoms with Crippen LogP contribution in [-0.4, -0.2) is 33.9 Å². The molecule has 1 aliphatic heterocycles. The number of benzene rings is 2. The highest BCUT2D eigenvalue weighted by atomic mass is 35.5. The van der Waals surface area contributed by atoms with Crippen LogP contribution in [0.1, 0.15) is 42.7 Å². The van der Waals surface area contributed by atoms with Crippen LogP contribution in [0.3, 0.4) is 0 Å². The van der Waals surface area contributed by atoms with E-state index < -0.39 is 0 Å². The molecule has 1 aliphatic rings. The van der Waals surface area contributed by atoms with Crippen LogP contribution >= 0.6 is 11.6 Å². The molecule has 1 aromatic heterocycles. The number of hydrogen-bond acceptors (Lipinski definition) is 2. The lowest BCUT2D eigenvalue weighted by molar-refractivity contribution is -0.132. The van der Waals surface area contributed by atoms with Gasteiger partial charge in [-0.15, -0.1) is 0 Å². The Morgan fingerprint density at radius 1 is 1.04 bits per heavy atom. The maximum absolute atomic E-state index is 13.0. The predicted molar refractivity (Wildman–Crippen MR) is 112 cm³/mol. The van der Waals surface area contributed by atoms with E-state index in [1.54, 1.807) is 6.07 Å². The zero-order chi connectivity index (χ0) is 19.5. The molecule has 0 aliphatic carbocycles. The van der Waals surface area contributed by atoms with Crippen molar-refractivity contribution < 1.29 is 4.79 Å². The fourth-order valence-corrected chi connectivity index (χ4v) is 4.38. The molecular weight excluding hydrogens is 374 g/mol.